The third-order valence-corrected chi connectivity index (χ3v) is 6.04. The van der Waals surface area contributed by atoms with Gasteiger partial charge in [-0.3, -0.25) is 13.9 Å². The highest BCUT2D eigenvalue weighted by atomic mass is 32.2. The number of hydrogen-bond donors (Lipinski definition) is 0. The van der Waals surface area contributed by atoms with Crippen molar-refractivity contribution >= 4 is 22.9 Å². The van der Waals surface area contributed by atoms with Crippen LogP contribution < -0.4 is 11.2 Å². The zero-order valence-corrected chi connectivity index (χ0v) is 17.7. The van der Waals surface area contributed by atoms with Crippen LogP contribution in [-0.2, 0) is 27.1 Å². The van der Waals surface area contributed by atoms with Crippen molar-refractivity contribution < 1.29 is 0 Å². The van der Waals surface area contributed by atoms with Gasteiger partial charge < -0.3 is 4.57 Å². The van der Waals surface area contributed by atoms with E-state index in [2.05, 4.69) is 24.0 Å². The molecule has 0 fully saturated rings. The smallest absolute Gasteiger partial charge is 0.313 e. The van der Waals surface area contributed by atoms with Crippen LogP contribution in [0.5, 0.6) is 0 Å². The molecule has 0 spiro atoms. The highest BCUT2D eigenvalue weighted by Crippen LogP contribution is 2.23. The van der Waals surface area contributed by atoms with Crippen LogP contribution in [0.2, 0.25) is 0 Å². The Kier molecular flexibility index (Phi) is 6.78. The number of fused-ring (bicyclic) bond motifs is 1. The van der Waals surface area contributed by atoms with Gasteiger partial charge in [-0.1, -0.05) is 61.9 Å². The number of rotatable bonds is 9. The van der Waals surface area contributed by atoms with E-state index < -0.39 is 0 Å². The van der Waals surface area contributed by atoms with Gasteiger partial charge in [-0.25, -0.2) is 9.78 Å². The Balaban J connectivity index is 1.94. The number of unbranched alkanes of at least 4 members (excludes halogenated alkanes) is 2. The molecule has 0 saturated carbocycles. The molecule has 0 atom stereocenters. The molecule has 0 radical (unpaired) electrons. The van der Waals surface area contributed by atoms with Crippen LogP contribution in [-0.4, -0.2) is 24.4 Å². The quantitative estimate of drug-likeness (QED) is 0.408. The molecule has 0 aliphatic carbocycles. The molecule has 2 aromatic heterocycles. The second-order valence-corrected chi connectivity index (χ2v) is 8.13. The van der Waals surface area contributed by atoms with Crippen LogP contribution in [0.15, 0.2) is 45.1 Å². The summed E-state index contributed by atoms with van der Waals surface area (Å²) in [5.41, 5.74) is 1.67. The van der Waals surface area contributed by atoms with Crippen molar-refractivity contribution in [1.29, 1.82) is 0 Å². The van der Waals surface area contributed by atoms with E-state index in [0.717, 1.165) is 30.2 Å². The summed E-state index contributed by atoms with van der Waals surface area (Å²) in [5, 5.41) is 0.831. The predicted octanol–water partition coefficient (Wildman–Crippen LogP) is 3.35. The summed E-state index contributed by atoms with van der Waals surface area (Å²) in [5.74, 6) is 0.962. The average Bonchev–Trinajstić information content (AvgIpc) is 3.07. The van der Waals surface area contributed by atoms with Crippen molar-refractivity contribution in [3.8, 4) is 0 Å². The Morgan fingerprint density at radius 2 is 1.75 bits per heavy atom. The Morgan fingerprint density at radius 1 is 1.00 bits per heavy atom. The van der Waals surface area contributed by atoms with E-state index in [0.29, 0.717) is 17.7 Å². The molecule has 0 N–H and O–H groups in total. The summed E-state index contributed by atoms with van der Waals surface area (Å²) in [6.07, 6.45) is 5.31. The van der Waals surface area contributed by atoms with Crippen LogP contribution >= 0.6 is 11.8 Å². The average molecular weight is 401 g/mol. The van der Waals surface area contributed by atoms with Gasteiger partial charge in [0.15, 0.2) is 16.3 Å². The summed E-state index contributed by atoms with van der Waals surface area (Å²) in [7, 11) is 3.20. The number of aromatic nitrogens is 4. The number of nitrogens with zero attached hydrogens (tertiary/aromatic N) is 4. The van der Waals surface area contributed by atoms with Gasteiger partial charge in [-0.05, 0) is 24.8 Å². The maximum Gasteiger partial charge on any atom is 0.332 e. The molecule has 7 heteroatoms. The van der Waals surface area contributed by atoms with Crippen LogP contribution in [0.1, 0.15) is 38.2 Å². The first-order chi connectivity index (χ1) is 13.5. The van der Waals surface area contributed by atoms with E-state index in [1.165, 1.54) is 34.6 Å². The zero-order valence-electron chi connectivity index (χ0n) is 16.9. The summed E-state index contributed by atoms with van der Waals surface area (Å²) < 4.78 is 4.65. The molecule has 3 rings (SSSR count). The van der Waals surface area contributed by atoms with Crippen molar-refractivity contribution in [2.75, 3.05) is 5.75 Å². The minimum atomic E-state index is -0.339. The van der Waals surface area contributed by atoms with Gasteiger partial charge in [0.25, 0.3) is 5.56 Å². The van der Waals surface area contributed by atoms with Gasteiger partial charge in [0.1, 0.15) is 0 Å². The lowest BCUT2D eigenvalue weighted by molar-refractivity contribution is 0.605. The summed E-state index contributed by atoms with van der Waals surface area (Å²) in [4.78, 5) is 29.8. The van der Waals surface area contributed by atoms with E-state index in [1.54, 1.807) is 18.8 Å². The molecule has 28 heavy (non-hydrogen) atoms. The van der Waals surface area contributed by atoms with Gasteiger partial charge in [-0.15, -0.1) is 0 Å². The van der Waals surface area contributed by atoms with Gasteiger partial charge >= 0.3 is 5.69 Å². The fourth-order valence-electron chi connectivity index (χ4n) is 3.35. The molecule has 1 aromatic carbocycles. The number of hydrogen-bond acceptors (Lipinski definition) is 4. The van der Waals surface area contributed by atoms with Gasteiger partial charge in [0.05, 0.1) is 0 Å². The molecule has 6 nitrogen and oxygen atoms in total. The maximum atomic E-state index is 12.8. The van der Waals surface area contributed by atoms with Gasteiger partial charge in [-0.2, -0.15) is 0 Å². The van der Waals surface area contributed by atoms with Crippen LogP contribution in [0.25, 0.3) is 11.2 Å². The monoisotopic (exact) mass is 400 g/mol. The Labute approximate surface area is 169 Å². The van der Waals surface area contributed by atoms with E-state index in [4.69, 9.17) is 0 Å². The molecule has 0 saturated heterocycles. The topological polar surface area (TPSA) is 61.8 Å². The normalized spacial score (nSPS) is 11.4. The van der Waals surface area contributed by atoms with Crippen molar-refractivity contribution in [2.24, 2.45) is 14.1 Å². The molecule has 0 aliphatic heterocycles. The standard InChI is InChI=1S/C21H28N4O2S/c1-4-5-9-15-28-20-22-18-17(19(26)24(3)21(27)23(18)2)25(20)14-10-13-16-11-7-6-8-12-16/h6-8,11-12H,4-5,9-10,13-15H2,1-3H3. The molecule has 0 aliphatic rings. The molecular weight excluding hydrogens is 372 g/mol. The lowest BCUT2D eigenvalue weighted by Crippen LogP contribution is -2.37. The van der Waals surface area contributed by atoms with Crippen LogP contribution in [0.3, 0.4) is 0 Å². The van der Waals surface area contributed by atoms with E-state index in [1.807, 2.05) is 22.8 Å². The van der Waals surface area contributed by atoms with E-state index in [-0.39, 0.29) is 11.2 Å². The minimum Gasteiger partial charge on any atom is -0.313 e. The lowest BCUT2D eigenvalue weighted by Gasteiger charge is -2.09. The van der Waals surface area contributed by atoms with Gasteiger partial charge in [0, 0.05) is 26.4 Å². The van der Waals surface area contributed by atoms with Gasteiger partial charge in [0.2, 0.25) is 0 Å². The van der Waals surface area contributed by atoms with Crippen molar-refractivity contribution in [3.63, 3.8) is 0 Å². The first kappa shape index (κ1) is 20.5. The zero-order chi connectivity index (χ0) is 20.1. The maximum absolute atomic E-state index is 12.8. The second-order valence-electron chi connectivity index (χ2n) is 7.07. The largest absolute Gasteiger partial charge is 0.332 e. The van der Waals surface area contributed by atoms with Crippen molar-refractivity contribution in [1.82, 2.24) is 18.7 Å². The lowest BCUT2D eigenvalue weighted by atomic mass is 10.1. The third kappa shape index (κ3) is 4.24. The third-order valence-electron chi connectivity index (χ3n) is 4.98. The molecule has 150 valence electrons. The fraction of sp³-hybridized carbons (Fsp3) is 0.476. The Morgan fingerprint density at radius 3 is 2.46 bits per heavy atom. The minimum absolute atomic E-state index is 0.272. The van der Waals surface area contributed by atoms with Crippen molar-refractivity contribution in [3.05, 3.63) is 56.7 Å². The van der Waals surface area contributed by atoms with E-state index in [9.17, 15) is 9.59 Å². The summed E-state index contributed by atoms with van der Waals surface area (Å²) >= 11 is 1.68. The first-order valence-electron chi connectivity index (χ1n) is 9.87. The van der Waals surface area contributed by atoms with Crippen LogP contribution in [0, 0.1) is 0 Å². The van der Waals surface area contributed by atoms with E-state index >= 15 is 0 Å². The summed E-state index contributed by atoms with van der Waals surface area (Å²) in [6, 6.07) is 10.3. The molecule has 0 bridgehead atoms. The highest BCUT2D eigenvalue weighted by molar-refractivity contribution is 7.99. The molecular formula is C21H28N4O2S. The van der Waals surface area contributed by atoms with Crippen molar-refractivity contribution in [2.45, 2.75) is 50.7 Å². The number of thioether (sulfide) groups is 1. The number of aryl methyl sites for hydroxylation is 3. The number of benzene rings is 1. The highest BCUT2D eigenvalue weighted by Gasteiger charge is 2.19. The molecule has 0 amide bonds. The fourth-order valence-corrected chi connectivity index (χ4v) is 4.37. The Hall–Kier alpha value is -2.28. The second kappa shape index (κ2) is 9.28. The predicted molar refractivity (Wildman–Crippen MR) is 115 cm³/mol. The SMILES string of the molecule is CCCCCSc1nc2c(c(=O)n(C)c(=O)n2C)n1CCCc1ccccc1. The molecule has 2 heterocycles. The molecule has 3 aromatic rings. The van der Waals surface area contributed by atoms with Crippen LogP contribution in [0.4, 0.5) is 0 Å². The summed E-state index contributed by atoms with van der Waals surface area (Å²) in [6.45, 7) is 2.89. The molecule has 0 unspecified atom stereocenters. The Bertz CT molecular complexity index is 1050. The number of imidazole rings is 1. The first-order valence-corrected chi connectivity index (χ1v) is 10.9.